The third kappa shape index (κ3) is 3.17. The van der Waals surface area contributed by atoms with Crippen molar-refractivity contribution < 1.29 is 13.7 Å². The van der Waals surface area contributed by atoms with Crippen LogP contribution in [-0.2, 0) is 20.3 Å². The molecule has 1 rings (SSSR count). The lowest BCUT2D eigenvalue weighted by molar-refractivity contribution is -0.171. The van der Waals surface area contributed by atoms with Gasteiger partial charge in [-0.3, -0.25) is 9.00 Å². The smallest absolute Gasteiger partial charge is 0.241 e. The van der Waals surface area contributed by atoms with Crippen LogP contribution in [0.2, 0.25) is 0 Å². The van der Waals surface area contributed by atoms with Gasteiger partial charge >= 0.3 is 0 Å². The van der Waals surface area contributed by atoms with Crippen LogP contribution in [0, 0.1) is 5.41 Å². The number of nitrogens with two attached hydrogens (primary N) is 1. The molecule has 1 fully saturated rings. The van der Waals surface area contributed by atoms with E-state index in [0.29, 0.717) is 18.8 Å². The molecule has 1 aliphatic carbocycles. The van der Waals surface area contributed by atoms with Gasteiger partial charge in [0, 0.05) is 47.3 Å². The van der Waals surface area contributed by atoms with Gasteiger partial charge in [0.1, 0.15) is 5.54 Å². The molecule has 4 unspecified atom stereocenters. The average molecular weight is 290 g/mol. The number of hydrogen-bond donors (Lipinski definition) is 2. The van der Waals surface area contributed by atoms with E-state index in [-0.39, 0.29) is 18.1 Å². The number of carbonyl (C=O) groups excluding carboxylic acids is 1. The Balaban J connectivity index is 2.65. The Labute approximate surface area is 118 Å². The van der Waals surface area contributed by atoms with Gasteiger partial charge in [0.25, 0.3) is 0 Å². The van der Waals surface area contributed by atoms with Crippen molar-refractivity contribution in [2.75, 3.05) is 18.6 Å². The molecule has 4 atom stereocenters. The van der Waals surface area contributed by atoms with E-state index in [1.54, 1.807) is 6.26 Å². The standard InChI is InChI=1S/C13H26N2O3S/c1-6-18-10-7-13(14,12(10,3)4)11(16)15-9(2)8-19(5)17/h9-10H,6-8,14H2,1-5H3,(H,15,16). The maximum Gasteiger partial charge on any atom is 0.241 e. The highest BCUT2D eigenvalue weighted by atomic mass is 32.2. The van der Waals surface area contributed by atoms with Crippen LogP contribution in [0.25, 0.3) is 0 Å². The summed E-state index contributed by atoms with van der Waals surface area (Å²) < 4.78 is 16.7. The highest BCUT2D eigenvalue weighted by Gasteiger charge is 2.62. The fraction of sp³-hybridized carbons (Fsp3) is 0.923. The Morgan fingerprint density at radius 3 is 2.58 bits per heavy atom. The third-order valence-electron chi connectivity index (χ3n) is 4.10. The summed E-state index contributed by atoms with van der Waals surface area (Å²) in [5.74, 6) is 0.267. The van der Waals surface area contributed by atoms with Crippen LogP contribution in [0.15, 0.2) is 0 Å². The van der Waals surface area contributed by atoms with Crippen molar-refractivity contribution in [2.45, 2.75) is 51.8 Å². The summed E-state index contributed by atoms with van der Waals surface area (Å²) in [7, 11) is -0.932. The van der Waals surface area contributed by atoms with Crippen LogP contribution in [0.4, 0.5) is 0 Å². The molecule has 6 heteroatoms. The second-order valence-corrected chi connectivity index (χ2v) is 7.44. The molecule has 1 saturated carbocycles. The normalized spacial score (nSPS) is 32.2. The van der Waals surface area contributed by atoms with Gasteiger partial charge in [0.05, 0.1) is 6.10 Å². The maximum atomic E-state index is 12.3. The fourth-order valence-corrected chi connectivity index (χ4v) is 3.35. The zero-order chi connectivity index (χ0) is 14.8. The van der Waals surface area contributed by atoms with Crippen LogP contribution in [-0.4, -0.2) is 46.4 Å². The monoisotopic (exact) mass is 290 g/mol. The molecule has 19 heavy (non-hydrogen) atoms. The van der Waals surface area contributed by atoms with E-state index >= 15 is 0 Å². The number of ether oxygens (including phenoxy) is 1. The molecule has 0 aromatic rings. The molecule has 3 N–H and O–H groups in total. The molecule has 0 aromatic heterocycles. The van der Waals surface area contributed by atoms with Crippen molar-refractivity contribution in [1.29, 1.82) is 0 Å². The molecule has 0 heterocycles. The predicted molar refractivity (Wildman–Crippen MR) is 77.3 cm³/mol. The van der Waals surface area contributed by atoms with E-state index in [1.165, 1.54) is 0 Å². The van der Waals surface area contributed by atoms with E-state index in [2.05, 4.69) is 5.32 Å². The molecule has 5 nitrogen and oxygen atoms in total. The number of carbonyl (C=O) groups is 1. The quantitative estimate of drug-likeness (QED) is 0.742. The SMILES string of the molecule is CCOC1CC(N)(C(=O)NC(C)CS(C)=O)C1(C)C. The number of rotatable bonds is 6. The third-order valence-corrected chi connectivity index (χ3v) is 5.07. The van der Waals surface area contributed by atoms with Gasteiger partial charge in [-0.25, -0.2) is 0 Å². The fourth-order valence-electron chi connectivity index (χ4n) is 2.57. The molecular weight excluding hydrogens is 264 g/mol. The van der Waals surface area contributed by atoms with Crippen LogP contribution in [0.1, 0.15) is 34.1 Å². The van der Waals surface area contributed by atoms with Crippen molar-refractivity contribution in [3.8, 4) is 0 Å². The molecule has 0 bridgehead atoms. The number of nitrogens with one attached hydrogen (secondary N) is 1. The molecule has 0 saturated heterocycles. The molecule has 0 aliphatic heterocycles. The van der Waals surface area contributed by atoms with Crippen LogP contribution < -0.4 is 11.1 Å². The first-order valence-electron chi connectivity index (χ1n) is 6.66. The second kappa shape index (κ2) is 5.89. The minimum atomic E-state index is -0.932. The molecule has 112 valence electrons. The second-order valence-electron chi connectivity index (χ2n) is 5.96. The van der Waals surface area contributed by atoms with Crippen molar-refractivity contribution in [3.05, 3.63) is 0 Å². The topological polar surface area (TPSA) is 81.4 Å². The summed E-state index contributed by atoms with van der Waals surface area (Å²) in [6, 6.07) is -0.138. The van der Waals surface area contributed by atoms with Gasteiger partial charge in [-0.05, 0) is 13.8 Å². The molecule has 0 spiro atoms. The summed E-state index contributed by atoms with van der Waals surface area (Å²) in [5.41, 5.74) is 4.96. The van der Waals surface area contributed by atoms with E-state index < -0.39 is 21.8 Å². The van der Waals surface area contributed by atoms with Gasteiger partial charge in [0.2, 0.25) is 5.91 Å². The summed E-state index contributed by atoms with van der Waals surface area (Å²) in [5, 5.41) is 2.86. The Morgan fingerprint density at radius 2 is 2.16 bits per heavy atom. The van der Waals surface area contributed by atoms with Gasteiger partial charge in [-0.15, -0.1) is 0 Å². The van der Waals surface area contributed by atoms with Gasteiger partial charge in [0.15, 0.2) is 0 Å². The lowest BCUT2D eigenvalue weighted by Crippen LogP contribution is -2.76. The van der Waals surface area contributed by atoms with E-state index in [4.69, 9.17) is 10.5 Å². The molecule has 1 amide bonds. The number of amides is 1. The van der Waals surface area contributed by atoms with E-state index in [0.717, 1.165) is 0 Å². The van der Waals surface area contributed by atoms with Crippen molar-refractivity contribution in [3.63, 3.8) is 0 Å². The largest absolute Gasteiger partial charge is 0.378 e. The highest BCUT2D eigenvalue weighted by molar-refractivity contribution is 7.84. The lowest BCUT2D eigenvalue weighted by atomic mass is 9.54. The first-order valence-corrected chi connectivity index (χ1v) is 8.39. The van der Waals surface area contributed by atoms with E-state index in [1.807, 2.05) is 27.7 Å². The van der Waals surface area contributed by atoms with Crippen LogP contribution in [0.3, 0.4) is 0 Å². The van der Waals surface area contributed by atoms with Gasteiger partial charge in [-0.2, -0.15) is 0 Å². The highest BCUT2D eigenvalue weighted by Crippen LogP contribution is 2.49. The predicted octanol–water partition coefficient (Wildman–Crippen LogP) is 0.402. The van der Waals surface area contributed by atoms with Crippen molar-refractivity contribution in [1.82, 2.24) is 5.32 Å². The van der Waals surface area contributed by atoms with Crippen LogP contribution >= 0.6 is 0 Å². The molecule has 0 aromatic carbocycles. The Bertz CT molecular complexity index is 373. The summed E-state index contributed by atoms with van der Waals surface area (Å²) in [6.07, 6.45) is 2.17. The summed E-state index contributed by atoms with van der Waals surface area (Å²) in [6.45, 7) is 8.31. The maximum absolute atomic E-state index is 12.3. The van der Waals surface area contributed by atoms with Crippen molar-refractivity contribution in [2.24, 2.45) is 11.1 Å². The number of hydrogen-bond acceptors (Lipinski definition) is 4. The Hall–Kier alpha value is -0.460. The Morgan fingerprint density at radius 1 is 1.58 bits per heavy atom. The van der Waals surface area contributed by atoms with E-state index in [9.17, 15) is 9.00 Å². The zero-order valence-electron chi connectivity index (χ0n) is 12.5. The molecule has 0 radical (unpaired) electrons. The van der Waals surface area contributed by atoms with Gasteiger partial charge in [-0.1, -0.05) is 13.8 Å². The first-order chi connectivity index (χ1) is 8.65. The summed E-state index contributed by atoms with van der Waals surface area (Å²) in [4.78, 5) is 12.3. The van der Waals surface area contributed by atoms with Crippen LogP contribution in [0.5, 0.6) is 0 Å². The van der Waals surface area contributed by atoms with Gasteiger partial charge < -0.3 is 15.8 Å². The zero-order valence-corrected chi connectivity index (χ0v) is 13.3. The first kappa shape index (κ1) is 16.6. The summed E-state index contributed by atoms with van der Waals surface area (Å²) >= 11 is 0. The minimum Gasteiger partial charge on any atom is -0.378 e. The Kier molecular flexibility index (Phi) is 5.15. The van der Waals surface area contributed by atoms with Crippen molar-refractivity contribution >= 4 is 16.7 Å². The lowest BCUT2D eigenvalue weighted by Gasteiger charge is -2.57. The minimum absolute atomic E-state index is 0.0175. The molecule has 1 aliphatic rings. The average Bonchev–Trinajstić information content (AvgIpc) is 2.27. The molecular formula is C13H26N2O3S.